The number of rotatable bonds is 3. The summed E-state index contributed by atoms with van der Waals surface area (Å²) >= 11 is 0. The third-order valence-corrected chi connectivity index (χ3v) is 3.80. The molecule has 0 bridgehead atoms. The van der Waals surface area contributed by atoms with Crippen molar-refractivity contribution >= 4 is 0 Å². The molecule has 1 aliphatic carbocycles. The molecular weight excluding hydrogens is 172 g/mol. The van der Waals surface area contributed by atoms with Crippen LogP contribution < -0.4 is 0 Å². The highest BCUT2D eigenvalue weighted by Gasteiger charge is 2.30. The van der Waals surface area contributed by atoms with Gasteiger partial charge in [0.2, 0.25) is 0 Å². The lowest BCUT2D eigenvalue weighted by molar-refractivity contribution is 0.0812. The summed E-state index contributed by atoms with van der Waals surface area (Å²) in [7, 11) is 0. The monoisotopic (exact) mass is 198 g/mol. The van der Waals surface area contributed by atoms with Gasteiger partial charge in [0, 0.05) is 0 Å². The molecule has 1 fully saturated rings. The Balaban J connectivity index is 2.54. The maximum atomic E-state index is 9.49. The predicted molar refractivity (Wildman–Crippen MR) is 61.1 cm³/mol. The van der Waals surface area contributed by atoms with E-state index in [1.165, 1.54) is 19.3 Å². The molecule has 1 N–H and O–H groups in total. The van der Waals surface area contributed by atoms with Gasteiger partial charge in [-0.2, -0.15) is 0 Å². The molecule has 0 aliphatic heterocycles. The van der Waals surface area contributed by atoms with E-state index in [-0.39, 0.29) is 6.10 Å². The highest BCUT2D eigenvalue weighted by atomic mass is 16.3. The first kappa shape index (κ1) is 12.0. The second-order valence-electron chi connectivity index (χ2n) is 5.67. The van der Waals surface area contributed by atoms with Crippen LogP contribution in [-0.4, -0.2) is 11.2 Å². The molecule has 1 nitrogen and oxygen atoms in total. The van der Waals surface area contributed by atoms with Crippen molar-refractivity contribution < 1.29 is 5.11 Å². The number of hydrogen-bond acceptors (Lipinski definition) is 1. The van der Waals surface area contributed by atoms with Crippen LogP contribution in [0.3, 0.4) is 0 Å². The molecular formula is C13H26O. The first-order valence-corrected chi connectivity index (χ1v) is 6.18. The highest BCUT2D eigenvalue weighted by Crippen LogP contribution is 2.40. The van der Waals surface area contributed by atoms with Crippen LogP contribution in [0.15, 0.2) is 0 Å². The van der Waals surface area contributed by atoms with E-state index >= 15 is 0 Å². The molecule has 0 saturated heterocycles. The maximum absolute atomic E-state index is 9.49. The molecule has 1 rings (SSSR count). The van der Waals surface area contributed by atoms with Crippen LogP contribution in [0.1, 0.15) is 53.4 Å². The fraction of sp³-hybridized carbons (Fsp3) is 1.00. The SMILES string of the molecule is CC(O)CC1C[C@H](C)CC[C@@H]1C(C)C. The minimum Gasteiger partial charge on any atom is -0.393 e. The minimum atomic E-state index is -0.119. The smallest absolute Gasteiger partial charge is 0.0514 e. The van der Waals surface area contributed by atoms with Crippen molar-refractivity contribution in [1.29, 1.82) is 0 Å². The summed E-state index contributed by atoms with van der Waals surface area (Å²) in [4.78, 5) is 0. The highest BCUT2D eigenvalue weighted by molar-refractivity contribution is 4.81. The molecule has 0 aromatic heterocycles. The molecule has 1 saturated carbocycles. The summed E-state index contributed by atoms with van der Waals surface area (Å²) in [6.45, 7) is 8.94. The summed E-state index contributed by atoms with van der Waals surface area (Å²) in [6.07, 6.45) is 4.97. The second kappa shape index (κ2) is 5.16. The zero-order valence-electron chi connectivity index (χ0n) is 10.2. The molecule has 1 heteroatoms. The normalized spacial score (nSPS) is 36.0. The molecule has 0 aromatic rings. The molecule has 14 heavy (non-hydrogen) atoms. The molecule has 2 unspecified atom stereocenters. The van der Waals surface area contributed by atoms with Gasteiger partial charge in [-0.15, -0.1) is 0 Å². The predicted octanol–water partition coefficient (Wildman–Crippen LogP) is 3.47. The van der Waals surface area contributed by atoms with Gasteiger partial charge < -0.3 is 5.11 Å². The second-order valence-corrected chi connectivity index (χ2v) is 5.67. The van der Waals surface area contributed by atoms with Gasteiger partial charge in [-0.1, -0.05) is 27.2 Å². The third kappa shape index (κ3) is 3.27. The Bertz CT molecular complexity index is 161. The summed E-state index contributed by atoms with van der Waals surface area (Å²) in [5.74, 6) is 3.26. The quantitative estimate of drug-likeness (QED) is 0.736. The van der Waals surface area contributed by atoms with Gasteiger partial charge in [0.1, 0.15) is 0 Å². The van der Waals surface area contributed by atoms with E-state index in [4.69, 9.17) is 0 Å². The van der Waals surface area contributed by atoms with Crippen molar-refractivity contribution in [2.45, 2.75) is 59.5 Å². The van der Waals surface area contributed by atoms with Crippen molar-refractivity contribution in [3.8, 4) is 0 Å². The van der Waals surface area contributed by atoms with Gasteiger partial charge in [0.05, 0.1) is 6.10 Å². The van der Waals surface area contributed by atoms with Crippen LogP contribution in [0, 0.1) is 23.7 Å². The van der Waals surface area contributed by atoms with Crippen molar-refractivity contribution in [2.75, 3.05) is 0 Å². The van der Waals surface area contributed by atoms with Gasteiger partial charge in [-0.05, 0) is 49.9 Å². The van der Waals surface area contributed by atoms with E-state index in [0.29, 0.717) is 0 Å². The largest absolute Gasteiger partial charge is 0.393 e. The van der Waals surface area contributed by atoms with Crippen molar-refractivity contribution in [2.24, 2.45) is 23.7 Å². The topological polar surface area (TPSA) is 20.2 Å². The minimum absolute atomic E-state index is 0.119. The average Bonchev–Trinajstić information content (AvgIpc) is 2.01. The van der Waals surface area contributed by atoms with Crippen LogP contribution in [-0.2, 0) is 0 Å². The van der Waals surface area contributed by atoms with Gasteiger partial charge in [0.25, 0.3) is 0 Å². The van der Waals surface area contributed by atoms with Crippen molar-refractivity contribution in [3.63, 3.8) is 0 Å². The molecule has 0 aromatic carbocycles. The molecule has 4 atom stereocenters. The molecule has 84 valence electrons. The van der Waals surface area contributed by atoms with Gasteiger partial charge in [0.15, 0.2) is 0 Å². The first-order valence-electron chi connectivity index (χ1n) is 6.18. The number of aliphatic hydroxyl groups excluding tert-OH is 1. The number of aliphatic hydroxyl groups is 1. The zero-order valence-corrected chi connectivity index (χ0v) is 10.2. The Morgan fingerprint density at radius 1 is 1.21 bits per heavy atom. The molecule has 1 aliphatic rings. The molecule has 0 spiro atoms. The Kier molecular flexibility index (Phi) is 4.43. The first-order chi connectivity index (χ1) is 6.50. The molecule has 0 heterocycles. The maximum Gasteiger partial charge on any atom is 0.0514 e. The zero-order chi connectivity index (χ0) is 10.7. The fourth-order valence-electron chi connectivity index (χ4n) is 3.11. The van der Waals surface area contributed by atoms with Crippen LogP contribution >= 0.6 is 0 Å². The van der Waals surface area contributed by atoms with Crippen LogP contribution in [0.2, 0.25) is 0 Å². The Morgan fingerprint density at radius 3 is 2.36 bits per heavy atom. The van der Waals surface area contributed by atoms with Crippen LogP contribution in [0.5, 0.6) is 0 Å². The number of hydrogen-bond donors (Lipinski definition) is 1. The standard InChI is InChI=1S/C13H26O/c1-9(2)13-6-5-10(3)7-12(13)8-11(4)14/h9-14H,5-8H2,1-4H3/t10-,11?,12?,13-/m1/s1. The molecule has 0 radical (unpaired) electrons. The lowest BCUT2D eigenvalue weighted by Gasteiger charge is -2.38. The van der Waals surface area contributed by atoms with Crippen LogP contribution in [0.25, 0.3) is 0 Å². The van der Waals surface area contributed by atoms with E-state index in [1.807, 2.05) is 6.92 Å². The van der Waals surface area contributed by atoms with Crippen molar-refractivity contribution in [1.82, 2.24) is 0 Å². The van der Waals surface area contributed by atoms with Gasteiger partial charge in [-0.25, -0.2) is 0 Å². The van der Waals surface area contributed by atoms with E-state index in [1.54, 1.807) is 0 Å². The third-order valence-electron chi connectivity index (χ3n) is 3.80. The summed E-state index contributed by atoms with van der Waals surface area (Å²) in [5.41, 5.74) is 0. The summed E-state index contributed by atoms with van der Waals surface area (Å²) < 4.78 is 0. The van der Waals surface area contributed by atoms with E-state index in [2.05, 4.69) is 20.8 Å². The van der Waals surface area contributed by atoms with Crippen LogP contribution in [0.4, 0.5) is 0 Å². The van der Waals surface area contributed by atoms with E-state index < -0.39 is 0 Å². The Hall–Kier alpha value is -0.0400. The summed E-state index contributed by atoms with van der Waals surface area (Å²) in [6, 6.07) is 0. The summed E-state index contributed by atoms with van der Waals surface area (Å²) in [5, 5.41) is 9.49. The van der Waals surface area contributed by atoms with Gasteiger partial charge >= 0.3 is 0 Å². The van der Waals surface area contributed by atoms with Crippen molar-refractivity contribution in [3.05, 3.63) is 0 Å². The average molecular weight is 198 g/mol. The lowest BCUT2D eigenvalue weighted by atomic mass is 9.68. The van der Waals surface area contributed by atoms with E-state index in [0.717, 1.165) is 30.1 Å². The fourth-order valence-corrected chi connectivity index (χ4v) is 3.11. The molecule has 0 amide bonds. The Labute approximate surface area is 88.9 Å². The Morgan fingerprint density at radius 2 is 1.86 bits per heavy atom. The van der Waals surface area contributed by atoms with Gasteiger partial charge in [-0.3, -0.25) is 0 Å². The van der Waals surface area contributed by atoms with E-state index in [9.17, 15) is 5.11 Å². The lowest BCUT2D eigenvalue weighted by Crippen LogP contribution is -2.29.